The van der Waals surface area contributed by atoms with E-state index >= 15 is 0 Å². The van der Waals surface area contributed by atoms with E-state index in [-0.39, 0.29) is 39.0 Å². The molecule has 112 valence electrons. The van der Waals surface area contributed by atoms with Crippen LogP contribution in [0, 0.1) is 0 Å². The van der Waals surface area contributed by atoms with Crippen molar-refractivity contribution in [1.29, 1.82) is 0 Å². The third-order valence-corrected chi connectivity index (χ3v) is 4.14. The van der Waals surface area contributed by atoms with Crippen molar-refractivity contribution in [3.63, 3.8) is 0 Å². The maximum absolute atomic E-state index is 11.8. The smallest absolute Gasteiger partial charge is 0.421 e. The zero-order valence-electron chi connectivity index (χ0n) is 10.9. The summed E-state index contributed by atoms with van der Waals surface area (Å²) in [4.78, 5) is 11.1. The third kappa shape index (κ3) is 5.31. The van der Waals surface area contributed by atoms with Crippen molar-refractivity contribution in [2.75, 3.05) is 32.9 Å². The van der Waals surface area contributed by atoms with Gasteiger partial charge in [0.15, 0.2) is 0 Å². The number of hydrogen-bond donors (Lipinski definition) is 2. The van der Waals surface area contributed by atoms with Crippen LogP contribution in [0.1, 0.15) is 19.8 Å². The van der Waals surface area contributed by atoms with Crippen molar-refractivity contribution in [2.45, 2.75) is 25.9 Å². The summed E-state index contributed by atoms with van der Waals surface area (Å²) < 4.78 is 36.5. The Hall–Kier alpha value is -0.900. The number of aliphatic hydroxyl groups excluding tert-OH is 1. The van der Waals surface area contributed by atoms with Crippen LogP contribution in [0.25, 0.3) is 0 Å². The van der Waals surface area contributed by atoms with E-state index in [9.17, 15) is 13.2 Å². The molecule has 0 atom stereocenters. The molecular formula is C10H20N2O6S. The van der Waals surface area contributed by atoms with Crippen molar-refractivity contribution in [3.05, 3.63) is 0 Å². The molecule has 1 aliphatic heterocycles. The zero-order valence-corrected chi connectivity index (χ0v) is 11.7. The van der Waals surface area contributed by atoms with Crippen LogP contribution in [0.4, 0.5) is 4.79 Å². The molecular weight excluding hydrogens is 276 g/mol. The van der Waals surface area contributed by atoms with E-state index in [0.29, 0.717) is 12.8 Å². The highest BCUT2D eigenvalue weighted by molar-refractivity contribution is 7.87. The van der Waals surface area contributed by atoms with Gasteiger partial charge in [0.1, 0.15) is 0 Å². The summed E-state index contributed by atoms with van der Waals surface area (Å²) in [5.41, 5.74) is 0. The first-order valence-corrected chi connectivity index (χ1v) is 7.60. The molecule has 19 heavy (non-hydrogen) atoms. The quantitative estimate of drug-likeness (QED) is 0.681. The molecule has 0 spiro atoms. The van der Waals surface area contributed by atoms with E-state index in [0.717, 1.165) is 0 Å². The molecule has 1 heterocycles. The SMILES string of the molecule is CCOC(=O)NS(=O)(=O)N1CCC(OCCO)CC1. The fourth-order valence-electron chi connectivity index (χ4n) is 1.79. The van der Waals surface area contributed by atoms with E-state index in [1.807, 2.05) is 4.72 Å². The van der Waals surface area contributed by atoms with Gasteiger partial charge in [-0.15, -0.1) is 0 Å². The van der Waals surface area contributed by atoms with Gasteiger partial charge in [-0.25, -0.2) is 9.52 Å². The summed E-state index contributed by atoms with van der Waals surface area (Å²) >= 11 is 0. The van der Waals surface area contributed by atoms with Crippen molar-refractivity contribution < 1.29 is 27.8 Å². The van der Waals surface area contributed by atoms with E-state index in [2.05, 4.69) is 4.74 Å². The van der Waals surface area contributed by atoms with Crippen LogP contribution >= 0.6 is 0 Å². The monoisotopic (exact) mass is 296 g/mol. The molecule has 0 aromatic rings. The lowest BCUT2D eigenvalue weighted by Gasteiger charge is -2.30. The molecule has 8 nitrogen and oxygen atoms in total. The second-order valence-corrected chi connectivity index (χ2v) is 5.69. The number of carbonyl (C=O) groups is 1. The molecule has 2 N–H and O–H groups in total. The summed E-state index contributed by atoms with van der Waals surface area (Å²) in [5.74, 6) is 0. The van der Waals surface area contributed by atoms with E-state index in [4.69, 9.17) is 9.84 Å². The van der Waals surface area contributed by atoms with Gasteiger partial charge in [0.05, 0.1) is 25.9 Å². The lowest BCUT2D eigenvalue weighted by Crippen LogP contribution is -2.48. The first-order chi connectivity index (χ1) is 8.99. The highest BCUT2D eigenvalue weighted by atomic mass is 32.2. The minimum atomic E-state index is -3.84. The topological polar surface area (TPSA) is 105 Å². The summed E-state index contributed by atoms with van der Waals surface area (Å²) in [6, 6.07) is 0. The number of aliphatic hydroxyl groups is 1. The minimum absolute atomic E-state index is 0.0527. The highest BCUT2D eigenvalue weighted by Crippen LogP contribution is 2.15. The molecule has 0 bridgehead atoms. The lowest BCUT2D eigenvalue weighted by atomic mass is 10.1. The molecule has 0 radical (unpaired) electrons. The maximum atomic E-state index is 11.8. The van der Waals surface area contributed by atoms with Gasteiger partial charge in [0.25, 0.3) is 0 Å². The van der Waals surface area contributed by atoms with Gasteiger partial charge in [-0.1, -0.05) is 0 Å². The molecule has 0 unspecified atom stereocenters. The molecule has 1 aliphatic rings. The minimum Gasteiger partial charge on any atom is -0.449 e. The summed E-state index contributed by atoms with van der Waals surface area (Å²) in [5, 5.41) is 8.64. The Bertz CT molecular complexity index is 377. The van der Waals surface area contributed by atoms with Gasteiger partial charge < -0.3 is 14.6 Å². The predicted molar refractivity (Wildman–Crippen MR) is 66.7 cm³/mol. The Kier molecular flexibility index (Phi) is 6.49. The predicted octanol–water partition coefficient (Wildman–Crippen LogP) is -0.549. The second kappa shape index (κ2) is 7.63. The molecule has 0 saturated carbocycles. The Labute approximate surface area is 112 Å². The molecule has 1 fully saturated rings. The van der Waals surface area contributed by atoms with Crippen molar-refractivity contribution in [2.24, 2.45) is 0 Å². The number of rotatable bonds is 6. The highest BCUT2D eigenvalue weighted by Gasteiger charge is 2.29. The number of carbonyl (C=O) groups excluding carboxylic acids is 1. The van der Waals surface area contributed by atoms with Gasteiger partial charge in [0, 0.05) is 13.1 Å². The summed E-state index contributed by atoms with van der Waals surface area (Å²) in [7, 11) is -3.84. The van der Waals surface area contributed by atoms with Crippen LogP contribution < -0.4 is 4.72 Å². The van der Waals surface area contributed by atoms with Gasteiger partial charge in [-0.05, 0) is 19.8 Å². The maximum Gasteiger partial charge on any atom is 0.421 e. The van der Waals surface area contributed by atoms with E-state index in [1.54, 1.807) is 6.92 Å². The molecule has 0 aliphatic carbocycles. The van der Waals surface area contributed by atoms with Crippen molar-refractivity contribution in [1.82, 2.24) is 9.03 Å². The largest absolute Gasteiger partial charge is 0.449 e. The normalized spacial score (nSPS) is 18.2. The molecule has 1 saturated heterocycles. The molecule has 1 rings (SSSR count). The Balaban J connectivity index is 2.43. The van der Waals surface area contributed by atoms with Crippen molar-refractivity contribution in [3.8, 4) is 0 Å². The van der Waals surface area contributed by atoms with E-state index in [1.165, 1.54) is 4.31 Å². The van der Waals surface area contributed by atoms with Gasteiger partial charge in [-0.3, -0.25) is 0 Å². The van der Waals surface area contributed by atoms with Crippen LogP contribution in [0.3, 0.4) is 0 Å². The van der Waals surface area contributed by atoms with Crippen LogP contribution in [0.15, 0.2) is 0 Å². The third-order valence-electron chi connectivity index (χ3n) is 2.67. The Morgan fingerprint density at radius 1 is 1.42 bits per heavy atom. The lowest BCUT2D eigenvalue weighted by molar-refractivity contribution is 0.00307. The number of amides is 1. The molecule has 1 amide bonds. The number of ether oxygens (including phenoxy) is 2. The first kappa shape index (κ1) is 16.2. The molecule has 0 aromatic heterocycles. The van der Waals surface area contributed by atoms with Gasteiger partial charge in [-0.2, -0.15) is 12.7 Å². The molecule has 9 heteroatoms. The van der Waals surface area contributed by atoms with Crippen LogP contribution in [0.2, 0.25) is 0 Å². The summed E-state index contributed by atoms with van der Waals surface area (Å²) in [6.45, 7) is 2.44. The molecule has 0 aromatic carbocycles. The Morgan fingerprint density at radius 3 is 2.58 bits per heavy atom. The number of nitrogens with zero attached hydrogens (tertiary/aromatic N) is 1. The second-order valence-electron chi connectivity index (χ2n) is 4.02. The average molecular weight is 296 g/mol. The number of hydrogen-bond acceptors (Lipinski definition) is 6. The van der Waals surface area contributed by atoms with Gasteiger partial charge in [0.2, 0.25) is 0 Å². The fraction of sp³-hybridized carbons (Fsp3) is 0.900. The van der Waals surface area contributed by atoms with E-state index < -0.39 is 16.3 Å². The average Bonchev–Trinajstić information content (AvgIpc) is 2.36. The standard InChI is InChI=1S/C10H20N2O6S/c1-2-17-10(14)11-19(15,16)12-5-3-9(4-6-12)18-8-7-13/h9,13H,2-8H2,1H3,(H,11,14). The van der Waals surface area contributed by atoms with Crippen LogP contribution in [-0.4, -0.2) is 62.9 Å². The van der Waals surface area contributed by atoms with Gasteiger partial charge >= 0.3 is 16.3 Å². The van der Waals surface area contributed by atoms with Crippen LogP contribution in [-0.2, 0) is 19.7 Å². The number of piperidine rings is 1. The Morgan fingerprint density at radius 2 is 2.05 bits per heavy atom. The zero-order chi connectivity index (χ0) is 14.3. The first-order valence-electron chi connectivity index (χ1n) is 6.16. The fourth-order valence-corrected chi connectivity index (χ4v) is 2.88. The summed E-state index contributed by atoms with van der Waals surface area (Å²) in [6.07, 6.45) is 0.0374. The number of nitrogens with one attached hydrogen (secondary N) is 1. The van der Waals surface area contributed by atoms with Crippen LogP contribution in [0.5, 0.6) is 0 Å². The van der Waals surface area contributed by atoms with Crippen molar-refractivity contribution >= 4 is 16.3 Å².